The highest BCUT2D eigenvalue weighted by molar-refractivity contribution is 7.84. The molecule has 1 unspecified atom stereocenters. The summed E-state index contributed by atoms with van der Waals surface area (Å²) in [7, 11) is -1.10. The Morgan fingerprint density at radius 3 is 2.64 bits per heavy atom. The van der Waals surface area contributed by atoms with Crippen LogP contribution < -0.4 is 0 Å². The fraction of sp³-hybridized carbons (Fsp3) is 0.500. The molecule has 0 fully saturated rings. The molecule has 14 heavy (non-hydrogen) atoms. The van der Waals surface area contributed by atoms with E-state index in [4.69, 9.17) is 0 Å². The first-order valence-corrected chi connectivity index (χ1v) is 6.57. The summed E-state index contributed by atoms with van der Waals surface area (Å²) < 4.78 is 15.6. The molecule has 0 amide bonds. The highest BCUT2D eigenvalue weighted by Crippen LogP contribution is 2.14. The summed E-state index contributed by atoms with van der Waals surface area (Å²) in [6, 6.07) is 2.07. The standard InChI is InChI=1S/C10H15NOS2/c1-7(2)14(12)11-9(4)10-5-8(3)13-6-10/h5-7H,1-4H3/b11-9+. The minimum absolute atomic E-state index is 0.0877. The van der Waals surface area contributed by atoms with Gasteiger partial charge >= 0.3 is 0 Å². The van der Waals surface area contributed by atoms with Crippen molar-refractivity contribution in [3.8, 4) is 0 Å². The summed E-state index contributed by atoms with van der Waals surface area (Å²) in [5, 5.41) is 2.13. The first kappa shape index (κ1) is 11.6. The lowest BCUT2D eigenvalue weighted by Crippen LogP contribution is -2.05. The molecule has 78 valence electrons. The third kappa shape index (κ3) is 3.03. The molecule has 0 aliphatic carbocycles. The van der Waals surface area contributed by atoms with Crippen molar-refractivity contribution in [2.75, 3.05) is 0 Å². The average molecular weight is 229 g/mol. The van der Waals surface area contributed by atoms with Crippen LogP contribution in [0, 0.1) is 6.92 Å². The van der Waals surface area contributed by atoms with E-state index in [0.29, 0.717) is 0 Å². The molecule has 0 spiro atoms. The zero-order valence-electron chi connectivity index (χ0n) is 8.90. The molecule has 1 heterocycles. The number of rotatable bonds is 3. The Morgan fingerprint density at radius 1 is 1.57 bits per heavy atom. The third-order valence-electron chi connectivity index (χ3n) is 1.78. The predicted octanol–water partition coefficient (Wildman–Crippen LogP) is 2.94. The Bertz CT molecular complexity index is 366. The van der Waals surface area contributed by atoms with Gasteiger partial charge in [-0.05, 0) is 33.8 Å². The summed E-state index contributed by atoms with van der Waals surface area (Å²) in [5.74, 6) is 0. The monoisotopic (exact) mass is 229 g/mol. The van der Waals surface area contributed by atoms with Gasteiger partial charge in [-0.2, -0.15) is 4.40 Å². The van der Waals surface area contributed by atoms with Crippen molar-refractivity contribution in [1.82, 2.24) is 0 Å². The first-order valence-electron chi connectivity index (χ1n) is 4.52. The quantitative estimate of drug-likeness (QED) is 0.733. The topological polar surface area (TPSA) is 29.4 Å². The maximum atomic E-state index is 11.5. The Balaban J connectivity index is 2.84. The summed E-state index contributed by atoms with van der Waals surface area (Å²) in [4.78, 5) is 1.25. The van der Waals surface area contributed by atoms with Crippen molar-refractivity contribution in [2.45, 2.75) is 32.9 Å². The normalized spacial score (nSPS) is 14.8. The van der Waals surface area contributed by atoms with Gasteiger partial charge in [0.1, 0.15) is 11.0 Å². The fourth-order valence-corrected chi connectivity index (χ4v) is 2.26. The van der Waals surface area contributed by atoms with Crippen LogP contribution >= 0.6 is 11.3 Å². The summed E-state index contributed by atoms with van der Waals surface area (Å²) >= 11 is 1.69. The van der Waals surface area contributed by atoms with Gasteiger partial charge in [0.05, 0.1) is 11.0 Å². The minimum atomic E-state index is -1.10. The molecule has 0 saturated heterocycles. The molecule has 0 saturated carbocycles. The highest BCUT2D eigenvalue weighted by Gasteiger charge is 2.05. The van der Waals surface area contributed by atoms with Crippen LogP contribution in [0.15, 0.2) is 15.8 Å². The van der Waals surface area contributed by atoms with E-state index in [9.17, 15) is 4.21 Å². The highest BCUT2D eigenvalue weighted by atomic mass is 32.2. The fourth-order valence-electron chi connectivity index (χ4n) is 0.926. The van der Waals surface area contributed by atoms with Gasteiger partial charge in [-0.1, -0.05) is 0 Å². The Kier molecular flexibility index (Phi) is 4.01. The van der Waals surface area contributed by atoms with E-state index in [0.717, 1.165) is 11.3 Å². The molecule has 0 bridgehead atoms. The second-order valence-electron chi connectivity index (χ2n) is 3.45. The van der Waals surface area contributed by atoms with E-state index >= 15 is 0 Å². The van der Waals surface area contributed by atoms with Crippen LogP contribution in [0.4, 0.5) is 0 Å². The molecule has 0 aliphatic heterocycles. The molecule has 1 aromatic heterocycles. The van der Waals surface area contributed by atoms with Gasteiger partial charge in [-0.3, -0.25) is 0 Å². The van der Waals surface area contributed by atoms with Crippen LogP contribution in [0.2, 0.25) is 0 Å². The molecule has 1 rings (SSSR count). The van der Waals surface area contributed by atoms with Gasteiger partial charge in [0.15, 0.2) is 0 Å². The number of aryl methyl sites for hydroxylation is 1. The average Bonchev–Trinajstić information content (AvgIpc) is 2.51. The molecule has 0 N–H and O–H groups in total. The van der Waals surface area contributed by atoms with E-state index in [2.05, 4.69) is 17.4 Å². The molecule has 0 radical (unpaired) electrons. The zero-order chi connectivity index (χ0) is 10.7. The van der Waals surface area contributed by atoms with E-state index < -0.39 is 11.0 Å². The third-order valence-corrected chi connectivity index (χ3v) is 3.90. The van der Waals surface area contributed by atoms with Crippen LogP contribution in [0.5, 0.6) is 0 Å². The lowest BCUT2D eigenvalue weighted by atomic mass is 10.2. The van der Waals surface area contributed by atoms with Gasteiger partial charge in [-0.15, -0.1) is 11.3 Å². The van der Waals surface area contributed by atoms with Crippen molar-refractivity contribution in [1.29, 1.82) is 0 Å². The molecule has 1 aromatic rings. The Labute approximate surface area is 91.7 Å². The van der Waals surface area contributed by atoms with E-state index in [-0.39, 0.29) is 5.25 Å². The second-order valence-corrected chi connectivity index (χ2v) is 6.24. The van der Waals surface area contributed by atoms with Gasteiger partial charge in [-0.25, -0.2) is 4.21 Å². The lowest BCUT2D eigenvalue weighted by molar-refractivity contribution is 0.678. The summed E-state index contributed by atoms with van der Waals surface area (Å²) in [6.45, 7) is 7.78. The van der Waals surface area contributed by atoms with Crippen molar-refractivity contribution in [2.24, 2.45) is 4.40 Å². The minimum Gasteiger partial charge on any atom is -0.235 e. The van der Waals surface area contributed by atoms with Crippen LogP contribution in [-0.4, -0.2) is 15.2 Å². The molecule has 1 atom stereocenters. The maximum absolute atomic E-state index is 11.5. The van der Waals surface area contributed by atoms with Gasteiger partial charge in [0.25, 0.3) is 0 Å². The smallest absolute Gasteiger partial charge is 0.142 e. The van der Waals surface area contributed by atoms with Crippen molar-refractivity contribution in [3.63, 3.8) is 0 Å². The van der Waals surface area contributed by atoms with E-state index in [1.807, 2.05) is 26.2 Å². The lowest BCUT2D eigenvalue weighted by Gasteiger charge is -2.00. The van der Waals surface area contributed by atoms with Crippen molar-refractivity contribution >= 4 is 28.0 Å². The maximum Gasteiger partial charge on any atom is 0.142 e. The van der Waals surface area contributed by atoms with Crippen molar-refractivity contribution in [3.05, 3.63) is 21.9 Å². The number of hydrogen-bond donors (Lipinski definition) is 0. The molecular formula is C10H15NOS2. The number of nitrogens with zero attached hydrogens (tertiary/aromatic N) is 1. The molecular weight excluding hydrogens is 214 g/mol. The Morgan fingerprint density at radius 2 is 2.21 bits per heavy atom. The van der Waals surface area contributed by atoms with E-state index in [1.54, 1.807) is 11.3 Å². The van der Waals surface area contributed by atoms with Gasteiger partial charge < -0.3 is 0 Å². The molecule has 0 aromatic carbocycles. The summed E-state index contributed by atoms with van der Waals surface area (Å²) in [5.41, 5.74) is 1.95. The van der Waals surface area contributed by atoms with Crippen LogP contribution in [0.25, 0.3) is 0 Å². The van der Waals surface area contributed by atoms with Crippen LogP contribution in [0.3, 0.4) is 0 Å². The van der Waals surface area contributed by atoms with Crippen LogP contribution in [-0.2, 0) is 11.0 Å². The van der Waals surface area contributed by atoms with Crippen LogP contribution in [0.1, 0.15) is 31.2 Å². The molecule has 4 heteroatoms. The van der Waals surface area contributed by atoms with E-state index in [1.165, 1.54) is 4.88 Å². The SMILES string of the molecule is C/C(=N\S(=O)C(C)C)c1csc(C)c1. The predicted molar refractivity (Wildman–Crippen MR) is 64.5 cm³/mol. The van der Waals surface area contributed by atoms with Gasteiger partial charge in [0.2, 0.25) is 0 Å². The number of hydrogen-bond acceptors (Lipinski definition) is 2. The largest absolute Gasteiger partial charge is 0.235 e. The van der Waals surface area contributed by atoms with Crippen molar-refractivity contribution < 1.29 is 4.21 Å². The Hall–Kier alpha value is -0.480. The summed E-state index contributed by atoms with van der Waals surface area (Å²) in [6.07, 6.45) is 0. The van der Waals surface area contributed by atoms with Gasteiger partial charge in [0, 0.05) is 15.8 Å². The first-order chi connectivity index (χ1) is 6.50. The second kappa shape index (κ2) is 4.84. The molecule has 0 aliphatic rings. The molecule has 2 nitrogen and oxygen atoms in total. The number of thiophene rings is 1. The zero-order valence-corrected chi connectivity index (χ0v) is 10.5.